The summed E-state index contributed by atoms with van der Waals surface area (Å²) < 4.78 is 17.9. The Kier molecular flexibility index (Phi) is 15.1. The van der Waals surface area contributed by atoms with E-state index in [0.717, 1.165) is 138 Å². The Morgan fingerprint density at radius 2 is 0.976 bits per heavy atom. The summed E-state index contributed by atoms with van der Waals surface area (Å²) in [4.78, 5) is 58.4. The van der Waals surface area contributed by atoms with Crippen LogP contribution in [0.1, 0.15) is 121 Å². The van der Waals surface area contributed by atoms with Crippen LogP contribution in [0, 0.1) is 0 Å². The number of piperidine rings is 3. The molecule has 0 bridgehead atoms. The Morgan fingerprint density at radius 1 is 0.512 bits per heavy atom. The number of hydrogen-bond acceptors (Lipinski definition) is 11. The van der Waals surface area contributed by atoms with Crippen LogP contribution in [0.25, 0.3) is 16.7 Å². The maximum absolute atomic E-state index is 13.2. The van der Waals surface area contributed by atoms with Gasteiger partial charge >= 0.3 is 0 Å². The zero-order chi connectivity index (χ0) is 57.6. The molecule has 0 radical (unpaired) electrons. The molecule has 6 aliphatic heterocycles. The number of nitrogens with zero attached hydrogens (tertiary/aromatic N) is 3. The zero-order valence-electron chi connectivity index (χ0n) is 47.5. The van der Waals surface area contributed by atoms with Crippen molar-refractivity contribution in [1.29, 1.82) is 0 Å². The highest BCUT2D eigenvalue weighted by atomic mass is 32.1. The monoisotopic (exact) mass is 1140 g/mol. The van der Waals surface area contributed by atoms with Crippen molar-refractivity contribution in [2.75, 3.05) is 59.1 Å². The Bertz CT molecular complexity index is 3700. The normalized spacial score (nSPS) is 19.6. The van der Waals surface area contributed by atoms with E-state index in [9.17, 15) is 19.2 Å². The highest BCUT2D eigenvalue weighted by Gasteiger charge is 2.48. The lowest BCUT2D eigenvalue weighted by atomic mass is 9.74. The van der Waals surface area contributed by atoms with E-state index < -0.39 is 0 Å². The topological polar surface area (TPSA) is 184 Å². The van der Waals surface area contributed by atoms with Gasteiger partial charge in [0.25, 0.3) is 11.8 Å². The predicted molar refractivity (Wildman–Crippen MR) is 327 cm³/mol. The van der Waals surface area contributed by atoms with E-state index in [4.69, 9.17) is 31.4 Å². The summed E-state index contributed by atoms with van der Waals surface area (Å²) in [6, 6.07) is 46.8. The van der Waals surface area contributed by atoms with Crippen LogP contribution in [-0.4, -0.2) is 97.3 Å². The number of nitrogens with two attached hydrogens (primary N) is 3. The van der Waals surface area contributed by atoms with Gasteiger partial charge in [0.1, 0.15) is 17.2 Å². The molecule has 14 heteroatoms. The fourth-order valence-corrected chi connectivity index (χ4v) is 15.1. The van der Waals surface area contributed by atoms with E-state index >= 15 is 0 Å². The van der Waals surface area contributed by atoms with Crippen molar-refractivity contribution in [3.63, 3.8) is 0 Å². The summed E-state index contributed by atoms with van der Waals surface area (Å²) >= 11 is 1.53. The number of rotatable bonds is 7. The highest BCUT2D eigenvalue weighted by Crippen LogP contribution is 2.49. The molecule has 2 aliphatic carbocycles. The fraction of sp³-hybridized carbons (Fsp3) is 0.343. The second-order valence-electron chi connectivity index (χ2n) is 24.0. The predicted octanol–water partition coefficient (Wildman–Crippen LogP) is 10.2. The summed E-state index contributed by atoms with van der Waals surface area (Å²) in [7, 11) is 0. The summed E-state index contributed by atoms with van der Waals surface area (Å²) in [5.41, 5.74) is 31.8. The minimum Gasteiger partial charge on any atom is -0.492 e. The number of likely N-dealkylation sites (tertiary alicyclic amines) is 3. The van der Waals surface area contributed by atoms with E-state index in [1.165, 1.54) is 33.6 Å². The van der Waals surface area contributed by atoms with Gasteiger partial charge in [0, 0.05) is 109 Å². The van der Waals surface area contributed by atoms with Gasteiger partial charge in [-0.2, -0.15) is 0 Å². The number of thiophene rings is 1. The highest BCUT2D eigenvalue weighted by molar-refractivity contribution is 7.12. The summed E-state index contributed by atoms with van der Waals surface area (Å²) in [5, 5.41) is 2.07. The Morgan fingerprint density at radius 3 is 1.50 bits per heavy atom. The molecule has 15 rings (SSSR count). The first-order chi connectivity index (χ1) is 41.0. The van der Waals surface area contributed by atoms with Crippen LogP contribution >= 0.6 is 11.3 Å². The Balaban J connectivity index is 0.000000118. The standard InChI is InChI=1S/C24H24N2O2S.C23H24N2O3.C23H24N2O2/c25-14-17-6-7-21-20(12-17)24(16-28-21)8-10-26(11-9-24)23(27)22-13-19(15-29-22)18-4-2-1-3-5-18;24-13-15-5-6-21-19(11-15)23(14-28-21)7-9-25(10-8-23)22(27)18-12-20(26)17-4-2-1-3-16(17)18;24-14-16-5-8-21-20(13-16)23(15-27-21)9-11-25(12-10-23)22(26)19-7-6-17-3-1-2-4-18(17)19/h1-7,12-13,15H,8-11,14,16,25H2;1-6,11,18H,7-10,12-14,24H2;1-5,7-8,13H,6,9-12,14-15,24H2. The Labute approximate surface area is 495 Å². The van der Waals surface area contributed by atoms with Gasteiger partial charge in [0.05, 0.1) is 30.6 Å². The van der Waals surface area contributed by atoms with Crippen molar-refractivity contribution in [1.82, 2.24) is 14.7 Å². The lowest BCUT2D eigenvalue weighted by Gasteiger charge is -2.39. The minimum atomic E-state index is -0.325. The molecule has 13 nitrogen and oxygen atoms in total. The molecule has 430 valence electrons. The smallest absolute Gasteiger partial charge is 0.263 e. The van der Waals surface area contributed by atoms with E-state index in [1.807, 2.05) is 112 Å². The molecule has 1 atom stereocenters. The van der Waals surface area contributed by atoms with Crippen LogP contribution in [0.2, 0.25) is 0 Å². The molecule has 6 aromatic carbocycles. The number of ether oxygens (including phenoxy) is 3. The third-order valence-corrected chi connectivity index (χ3v) is 20.3. The van der Waals surface area contributed by atoms with Crippen molar-refractivity contribution in [2.24, 2.45) is 17.2 Å². The number of ketones is 1. The van der Waals surface area contributed by atoms with Gasteiger partial charge < -0.3 is 46.1 Å². The molecule has 0 saturated carbocycles. The molecule has 7 aromatic rings. The lowest BCUT2D eigenvalue weighted by Crippen LogP contribution is -2.47. The van der Waals surface area contributed by atoms with Gasteiger partial charge in [0.15, 0.2) is 5.78 Å². The number of fused-ring (bicyclic) bond motifs is 8. The lowest BCUT2D eigenvalue weighted by molar-refractivity contribution is -0.134. The maximum atomic E-state index is 13.2. The SMILES string of the molecule is NCc1ccc2c(c1)C1(CCN(C(=O)C3=CCc4ccccc43)CC1)CO2.NCc1ccc2c(c1)C1(CCN(C(=O)C3CC(=O)c4ccccc43)CC1)CO2.NCc1ccc2c(c1)C1(CCN(C(=O)c3cc(-c4ccccc4)cs3)CC1)CO2. The van der Waals surface area contributed by atoms with E-state index in [2.05, 4.69) is 53.9 Å². The first kappa shape index (κ1) is 55.3. The van der Waals surface area contributed by atoms with Gasteiger partial charge in [-0.1, -0.05) is 121 Å². The number of Topliss-reactive ketones (excluding diaryl/α,β-unsaturated/α-hetero) is 1. The average Bonchev–Trinajstić information content (AvgIpc) is 4.62. The second-order valence-corrected chi connectivity index (χ2v) is 24.9. The molecule has 7 heterocycles. The molecule has 1 unspecified atom stereocenters. The first-order valence-corrected chi connectivity index (χ1v) is 30.7. The summed E-state index contributed by atoms with van der Waals surface area (Å²) in [6.07, 6.45) is 8.73. The van der Waals surface area contributed by atoms with E-state index in [1.54, 1.807) is 0 Å². The number of carbonyl (C=O) groups excluding carboxylic acids is 4. The van der Waals surface area contributed by atoms with E-state index in [0.29, 0.717) is 64.5 Å². The number of allylic oxidation sites excluding steroid dienone is 1. The van der Waals surface area contributed by atoms with Crippen LogP contribution in [0.3, 0.4) is 0 Å². The van der Waals surface area contributed by atoms with Gasteiger partial charge in [-0.25, -0.2) is 0 Å². The minimum absolute atomic E-state index is 0.0158. The largest absolute Gasteiger partial charge is 0.492 e. The molecule has 3 saturated heterocycles. The molecule has 8 aliphatic rings. The van der Waals surface area contributed by atoms with Crippen LogP contribution in [0.4, 0.5) is 0 Å². The van der Waals surface area contributed by atoms with E-state index in [-0.39, 0.29) is 45.7 Å². The van der Waals surface area contributed by atoms with Crippen molar-refractivity contribution in [3.8, 4) is 28.4 Å². The molecule has 1 aromatic heterocycles. The van der Waals surface area contributed by atoms with Crippen molar-refractivity contribution < 1.29 is 33.4 Å². The summed E-state index contributed by atoms with van der Waals surface area (Å²) in [5.74, 6) is 3.07. The second kappa shape index (κ2) is 22.9. The molecule has 3 fully saturated rings. The van der Waals surface area contributed by atoms with Gasteiger partial charge in [-0.05, 0) is 119 Å². The number of benzene rings is 6. The van der Waals surface area contributed by atoms with Crippen LogP contribution in [-0.2, 0) is 51.9 Å². The number of amides is 3. The van der Waals surface area contributed by atoms with Crippen LogP contribution in [0.15, 0.2) is 151 Å². The van der Waals surface area contributed by atoms with Gasteiger partial charge in [0.2, 0.25) is 5.91 Å². The molecular formula is C70H72N6O7S. The van der Waals surface area contributed by atoms with Gasteiger partial charge in [-0.15, -0.1) is 11.3 Å². The maximum Gasteiger partial charge on any atom is 0.263 e. The molecule has 84 heavy (non-hydrogen) atoms. The summed E-state index contributed by atoms with van der Waals surface area (Å²) in [6.45, 7) is 8.13. The van der Waals surface area contributed by atoms with Gasteiger partial charge in [-0.3, -0.25) is 19.2 Å². The first-order valence-electron chi connectivity index (χ1n) is 29.8. The zero-order valence-corrected chi connectivity index (χ0v) is 48.3. The quantitative estimate of drug-likeness (QED) is 0.139. The van der Waals surface area contributed by atoms with Crippen molar-refractivity contribution >= 4 is 40.4 Å². The molecule has 3 amide bonds. The third kappa shape index (κ3) is 10.2. The number of carbonyl (C=O) groups is 4. The molecule has 6 N–H and O–H groups in total. The van der Waals surface area contributed by atoms with Crippen LogP contribution in [0.5, 0.6) is 17.2 Å². The third-order valence-electron chi connectivity index (χ3n) is 19.4. The van der Waals surface area contributed by atoms with Crippen LogP contribution < -0.4 is 31.4 Å². The molecule has 3 spiro atoms. The fourth-order valence-electron chi connectivity index (χ4n) is 14.2. The average molecular weight is 1140 g/mol. The number of hydrogen-bond donors (Lipinski definition) is 3. The van der Waals surface area contributed by atoms with Crippen molar-refractivity contribution in [3.05, 3.63) is 211 Å². The Hall–Kier alpha value is -7.88. The van der Waals surface area contributed by atoms with Crippen molar-refractivity contribution in [2.45, 2.75) is 93.2 Å². The molecular weight excluding hydrogens is 1070 g/mol.